The van der Waals surface area contributed by atoms with Gasteiger partial charge in [-0.25, -0.2) is 0 Å². The molecule has 0 bridgehead atoms. The molecule has 0 aliphatic carbocycles. The van der Waals surface area contributed by atoms with E-state index >= 15 is 0 Å². The molecule has 1 unspecified atom stereocenters. The number of aliphatic hydroxyl groups excluding tert-OH is 1. The van der Waals surface area contributed by atoms with E-state index in [0.717, 1.165) is 28.0 Å². The van der Waals surface area contributed by atoms with Crippen LogP contribution in [0.4, 0.5) is 5.69 Å². The number of rotatable bonds is 5. The van der Waals surface area contributed by atoms with Crippen LogP contribution in [0.25, 0.3) is 5.76 Å². The van der Waals surface area contributed by atoms with Crippen LogP contribution in [-0.2, 0) is 9.59 Å². The summed E-state index contributed by atoms with van der Waals surface area (Å²) in [7, 11) is 1.61. The summed E-state index contributed by atoms with van der Waals surface area (Å²) in [5.41, 5.74) is 4.61. The largest absolute Gasteiger partial charge is 0.507 e. The van der Waals surface area contributed by atoms with E-state index in [1.807, 2.05) is 94.4 Å². The average molecular weight is 456 g/mol. The highest BCUT2D eigenvalue weighted by molar-refractivity contribution is 6.51. The van der Waals surface area contributed by atoms with Crippen molar-refractivity contribution in [3.05, 3.63) is 100 Å². The molecular weight excluding hydrogens is 426 g/mol. The summed E-state index contributed by atoms with van der Waals surface area (Å²) >= 11 is 0. The lowest BCUT2D eigenvalue weighted by Crippen LogP contribution is -2.29. The van der Waals surface area contributed by atoms with Gasteiger partial charge in [-0.05, 0) is 66.3 Å². The number of Topliss-reactive ketones (excluding diaryl/α,β-unsaturated/α-hetero) is 1. The Bertz CT molecular complexity index is 1290. The van der Waals surface area contributed by atoms with Crippen molar-refractivity contribution in [2.24, 2.45) is 0 Å². The van der Waals surface area contributed by atoms with Crippen molar-refractivity contribution < 1.29 is 19.4 Å². The zero-order valence-electron chi connectivity index (χ0n) is 20.1. The van der Waals surface area contributed by atoms with E-state index in [1.165, 1.54) is 4.90 Å². The first kappa shape index (κ1) is 23.3. The third-order valence-corrected chi connectivity index (χ3v) is 6.29. The monoisotopic (exact) mass is 455 g/mol. The molecule has 0 saturated carbocycles. The summed E-state index contributed by atoms with van der Waals surface area (Å²) in [5, 5.41) is 11.5. The molecule has 1 fully saturated rings. The van der Waals surface area contributed by atoms with Crippen molar-refractivity contribution in [2.45, 2.75) is 39.7 Å². The van der Waals surface area contributed by atoms with Crippen molar-refractivity contribution in [1.82, 2.24) is 0 Å². The molecule has 0 aromatic heterocycles. The van der Waals surface area contributed by atoms with Crippen LogP contribution in [-0.4, -0.2) is 23.9 Å². The number of carbonyl (C=O) groups excluding carboxylic acids is 2. The minimum atomic E-state index is -0.744. The molecule has 34 heavy (non-hydrogen) atoms. The molecular formula is C29H29NO4. The van der Waals surface area contributed by atoms with Gasteiger partial charge in [0.1, 0.15) is 11.5 Å². The molecule has 1 N–H and O–H groups in total. The normalized spacial score (nSPS) is 17.5. The summed E-state index contributed by atoms with van der Waals surface area (Å²) in [6, 6.07) is 19.8. The molecule has 5 nitrogen and oxygen atoms in total. The van der Waals surface area contributed by atoms with Crippen LogP contribution in [0, 0.1) is 13.8 Å². The van der Waals surface area contributed by atoms with Crippen LogP contribution in [0.3, 0.4) is 0 Å². The molecule has 0 spiro atoms. The fourth-order valence-electron chi connectivity index (χ4n) is 4.55. The lowest BCUT2D eigenvalue weighted by Gasteiger charge is -2.26. The van der Waals surface area contributed by atoms with Gasteiger partial charge < -0.3 is 9.84 Å². The molecule has 1 aliphatic heterocycles. The van der Waals surface area contributed by atoms with E-state index < -0.39 is 17.7 Å². The summed E-state index contributed by atoms with van der Waals surface area (Å²) in [4.78, 5) is 28.2. The number of amides is 1. The summed E-state index contributed by atoms with van der Waals surface area (Å²) in [6.45, 7) is 7.87. The number of nitrogens with zero attached hydrogens (tertiary/aromatic N) is 1. The second-order valence-corrected chi connectivity index (χ2v) is 8.98. The second kappa shape index (κ2) is 9.18. The maximum atomic E-state index is 13.4. The molecule has 174 valence electrons. The van der Waals surface area contributed by atoms with Crippen LogP contribution in [0.1, 0.15) is 53.6 Å². The van der Waals surface area contributed by atoms with Crippen LogP contribution in [0.5, 0.6) is 5.75 Å². The van der Waals surface area contributed by atoms with Gasteiger partial charge in [0.25, 0.3) is 11.7 Å². The third-order valence-electron chi connectivity index (χ3n) is 6.29. The average Bonchev–Trinajstić information content (AvgIpc) is 3.09. The highest BCUT2D eigenvalue weighted by Gasteiger charge is 2.47. The number of hydrogen-bond acceptors (Lipinski definition) is 4. The molecule has 5 heteroatoms. The number of aryl methyl sites for hydroxylation is 2. The van der Waals surface area contributed by atoms with E-state index in [4.69, 9.17) is 4.74 Å². The predicted molar refractivity (Wildman–Crippen MR) is 134 cm³/mol. The standard InChI is InChI=1S/C29H29NO4/c1-17(2)22-16-23(19(4)15-24(22)34-5)27(31)25-26(20-11-7-6-8-12-20)30(29(33)28(25)32)21-13-9-10-18(3)14-21/h6-17,26,31H,1-5H3/b27-25+. The highest BCUT2D eigenvalue weighted by Crippen LogP contribution is 2.43. The van der Waals surface area contributed by atoms with Crippen LogP contribution >= 0.6 is 0 Å². The van der Waals surface area contributed by atoms with Gasteiger partial charge in [0.2, 0.25) is 0 Å². The Balaban J connectivity index is 1.98. The van der Waals surface area contributed by atoms with Crippen molar-refractivity contribution in [3.63, 3.8) is 0 Å². The van der Waals surface area contributed by atoms with Gasteiger partial charge in [0, 0.05) is 11.3 Å². The van der Waals surface area contributed by atoms with Crippen molar-refractivity contribution >= 4 is 23.1 Å². The lowest BCUT2D eigenvalue weighted by molar-refractivity contribution is -0.132. The SMILES string of the molecule is COc1cc(C)c(/C(O)=C2\C(=O)C(=O)N(c3cccc(C)c3)C2c2ccccc2)cc1C(C)C. The Kier molecular flexibility index (Phi) is 6.29. The number of benzene rings is 3. The first-order valence-electron chi connectivity index (χ1n) is 11.4. The number of anilines is 1. The van der Waals surface area contributed by atoms with Gasteiger partial charge in [0.15, 0.2) is 0 Å². The van der Waals surface area contributed by atoms with Gasteiger partial charge in [-0.15, -0.1) is 0 Å². The maximum absolute atomic E-state index is 13.4. The van der Waals surface area contributed by atoms with Gasteiger partial charge in [-0.3, -0.25) is 14.5 Å². The number of aliphatic hydroxyl groups is 1. The summed E-state index contributed by atoms with van der Waals surface area (Å²) < 4.78 is 5.54. The maximum Gasteiger partial charge on any atom is 0.300 e. The second-order valence-electron chi connectivity index (χ2n) is 8.98. The zero-order chi connectivity index (χ0) is 24.6. The zero-order valence-corrected chi connectivity index (χ0v) is 20.1. The minimum absolute atomic E-state index is 0.0840. The number of ether oxygens (including phenoxy) is 1. The number of methoxy groups -OCH3 is 1. The first-order chi connectivity index (χ1) is 16.2. The topological polar surface area (TPSA) is 66.8 Å². The quantitative estimate of drug-likeness (QED) is 0.288. The van der Waals surface area contributed by atoms with Gasteiger partial charge in [-0.1, -0.05) is 56.3 Å². The van der Waals surface area contributed by atoms with Crippen molar-refractivity contribution in [3.8, 4) is 5.75 Å². The summed E-state index contributed by atoms with van der Waals surface area (Å²) in [6.07, 6.45) is 0. The molecule has 3 aromatic rings. The molecule has 1 amide bonds. The number of hydrogen-bond donors (Lipinski definition) is 1. The van der Waals surface area contributed by atoms with Crippen molar-refractivity contribution in [2.75, 3.05) is 12.0 Å². The fraction of sp³-hybridized carbons (Fsp3) is 0.241. The van der Waals surface area contributed by atoms with E-state index in [1.54, 1.807) is 7.11 Å². The number of carbonyl (C=O) groups is 2. The van der Waals surface area contributed by atoms with Gasteiger partial charge in [0.05, 0.1) is 18.7 Å². The molecule has 4 rings (SSSR count). The summed E-state index contributed by atoms with van der Waals surface area (Å²) in [5.74, 6) is -0.666. The molecule has 1 atom stereocenters. The van der Waals surface area contributed by atoms with E-state index in [9.17, 15) is 14.7 Å². The molecule has 1 aliphatic rings. The third kappa shape index (κ3) is 3.98. The Morgan fingerprint density at radius 2 is 1.68 bits per heavy atom. The van der Waals surface area contributed by atoms with Crippen LogP contribution in [0.15, 0.2) is 72.3 Å². The van der Waals surface area contributed by atoms with E-state index in [-0.39, 0.29) is 17.3 Å². The van der Waals surface area contributed by atoms with Gasteiger partial charge in [-0.2, -0.15) is 0 Å². The molecule has 0 radical (unpaired) electrons. The molecule has 1 saturated heterocycles. The van der Waals surface area contributed by atoms with E-state index in [0.29, 0.717) is 11.3 Å². The lowest BCUT2D eigenvalue weighted by atomic mass is 9.91. The minimum Gasteiger partial charge on any atom is -0.507 e. The van der Waals surface area contributed by atoms with Crippen LogP contribution in [0.2, 0.25) is 0 Å². The fourth-order valence-corrected chi connectivity index (χ4v) is 4.55. The number of ketones is 1. The predicted octanol–water partition coefficient (Wildman–Crippen LogP) is 6.06. The van der Waals surface area contributed by atoms with Crippen molar-refractivity contribution in [1.29, 1.82) is 0 Å². The molecule has 1 heterocycles. The Morgan fingerprint density at radius 1 is 0.971 bits per heavy atom. The van der Waals surface area contributed by atoms with Gasteiger partial charge >= 0.3 is 0 Å². The Morgan fingerprint density at radius 3 is 2.29 bits per heavy atom. The first-order valence-corrected chi connectivity index (χ1v) is 11.4. The highest BCUT2D eigenvalue weighted by atomic mass is 16.5. The Hall–Kier alpha value is -3.86. The van der Waals surface area contributed by atoms with Crippen LogP contribution < -0.4 is 9.64 Å². The van der Waals surface area contributed by atoms with E-state index in [2.05, 4.69) is 0 Å². The molecule has 3 aromatic carbocycles. The smallest absolute Gasteiger partial charge is 0.300 e. The Labute approximate surface area is 200 Å².